The summed E-state index contributed by atoms with van der Waals surface area (Å²) in [4.78, 5) is 0.108. The van der Waals surface area contributed by atoms with Crippen molar-refractivity contribution in [2.24, 2.45) is 0 Å². The Bertz CT molecular complexity index is 539. The maximum atomic E-state index is 11.9. The Kier molecular flexibility index (Phi) is 4.29. The van der Waals surface area contributed by atoms with E-state index in [4.69, 9.17) is 4.18 Å². The summed E-state index contributed by atoms with van der Waals surface area (Å²) in [6.45, 7) is 8.80. The lowest BCUT2D eigenvalue weighted by atomic mass is 10.3. The standard InChI is InChI=1S/C13H14O3S/c1-4-8-13(11(2)3)16-17(14,15)12-9-6-5-7-10-12/h4-10H,1-2H2,3H3/b13-8+. The van der Waals surface area contributed by atoms with Crippen molar-refractivity contribution in [3.05, 3.63) is 67.0 Å². The molecule has 0 fully saturated rings. The van der Waals surface area contributed by atoms with Crippen LogP contribution in [0.2, 0.25) is 0 Å². The van der Waals surface area contributed by atoms with Crippen molar-refractivity contribution >= 4 is 10.1 Å². The normalized spacial score (nSPS) is 11.9. The molecule has 0 amide bonds. The Balaban J connectivity index is 3.06. The van der Waals surface area contributed by atoms with E-state index >= 15 is 0 Å². The fraction of sp³-hybridized carbons (Fsp3) is 0.0769. The molecular weight excluding hydrogens is 236 g/mol. The van der Waals surface area contributed by atoms with E-state index in [0.29, 0.717) is 5.57 Å². The highest BCUT2D eigenvalue weighted by Gasteiger charge is 2.17. The molecule has 0 atom stereocenters. The van der Waals surface area contributed by atoms with Crippen LogP contribution in [-0.4, -0.2) is 8.42 Å². The Hall–Kier alpha value is -1.81. The predicted octanol–water partition coefficient (Wildman–Crippen LogP) is 3.04. The molecule has 0 aromatic heterocycles. The topological polar surface area (TPSA) is 43.4 Å². The lowest BCUT2D eigenvalue weighted by Crippen LogP contribution is -2.06. The van der Waals surface area contributed by atoms with E-state index < -0.39 is 10.1 Å². The van der Waals surface area contributed by atoms with Gasteiger partial charge in [0.05, 0.1) is 0 Å². The minimum Gasteiger partial charge on any atom is -0.379 e. The SMILES string of the molecule is C=C/C=C(/OS(=O)(=O)c1ccccc1)C(=C)C. The first-order valence-corrected chi connectivity index (χ1v) is 6.36. The van der Waals surface area contributed by atoms with Crippen molar-refractivity contribution in [3.63, 3.8) is 0 Å². The third-order valence-corrected chi connectivity index (χ3v) is 3.17. The second kappa shape index (κ2) is 5.50. The van der Waals surface area contributed by atoms with Crippen molar-refractivity contribution in [2.45, 2.75) is 11.8 Å². The van der Waals surface area contributed by atoms with Gasteiger partial charge in [0.25, 0.3) is 0 Å². The fourth-order valence-corrected chi connectivity index (χ4v) is 2.12. The molecule has 90 valence electrons. The summed E-state index contributed by atoms with van der Waals surface area (Å²) in [7, 11) is -3.80. The average Bonchev–Trinajstić information content (AvgIpc) is 2.29. The van der Waals surface area contributed by atoms with E-state index in [-0.39, 0.29) is 10.7 Å². The lowest BCUT2D eigenvalue weighted by molar-refractivity contribution is 0.414. The molecule has 17 heavy (non-hydrogen) atoms. The number of allylic oxidation sites excluding steroid dienone is 3. The molecular formula is C13H14O3S. The van der Waals surface area contributed by atoms with Gasteiger partial charge in [0.1, 0.15) is 10.7 Å². The van der Waals surface area contributed by atoms with Crippen LogP contribution in [0.1, 0.15) is 6.92 Å². The van der Waals surface area contributed by atoms with Gasteiger partial charge in [-0.05, 0) is 30.7 Å². The van der Waals surface area contributed by atoms with Crippen LogP contribution < -0.4 is 0 Å². The third-order valence-electron chi connectivity index (χ3n) is 1.92. The minimum absolute atomic E-state index is 0.108. The van der Waals surface area contributed by atoms with Crippen LogP contribution in [0.4, 0.5) is 0 Å². The predicted molar refractivity (Wildman–Crippen MR) is 67.8 cm³/mol. The second-order valence-electron chi connectivity index (χ2n) is 3.40. The highest BCUT2D eigenvalue weighted by molar-refractivity contribution is 7.86. The lowest BCUT2D eigenvalue weighted by Gasteiger charge is -2.09. The fourth-order valence-electron chi connectivity index (χ4n) is 1.10. The highest BCUT2D eigenvalue weighted by atomic mass is 32.2. The molecule has 3 nitrogen and oxygen atoms in total. The summed E-state index contributed by atoms with van der Waals surface area (Å²) in [5.41, 5.74) is 0.518. The van der Waals surface area contributed by atoms with Crippen molar-refractivity contribution in [1.82, 2.24) is 0 Å². The smallest absolute Gasteiger partial charge is 0.339 e. The summed E-state index contributed by atoms with van der Waals surface area (Å²) < 4.78 is 28.8. The molecule has 0 radical (unpaired) electrons. The van der Waals surface area contributed by atoms with Crippen LogP contribution in [0.5, 0.6) is 0 Å². The summed E-state index contributed by atoms with van der Waals surface area (Å²) >= 11 is 0. The average molecular weight is 250 g/mol. The molecule has 0 aliphatic rings. The van der Waals surface area contributed by atoms with Gasteiger partial charge in [-0.25, -0.2) is 0 Å². The second-order valence-corrected chi connectivity index (χ2v) is 4.94. The zero-order valence-corrected chi connectivity index (χ0v) is 10.4. The summed E-state index contributed by atoms with van der Waals surface area (Å²) in [5.74, 6) is 0.184. The van der Waals surface area contributed by atoms with Gasteiger partial charge in [0, 0.05) is 0 Å². The van der Waals surface area contributed by atoms with Crippen molar-refractivity contribution < 1.29 is 12.6 Å². The molecule has 0 saturated carbocycles. The van der Waals surface area contributed by atoms with Gasteiger partial charge in [-0.15, -0.1) is 0 Å². The summed E-state index contributed by atoms with van der Waals surface area (Å²) in [6.07, 6.45) is 2.91. The molecule has 0 aliphatic heterocycles. The van der Waals surface area contributed by atoms with Crippen LogP contribution in [0.3, 0.4) is 0 Å². The molecule has 0 saturated heterocycles. The zero-order chi connectivity index (χ0) is 12.9. The van der Waals surface area contributed by atoms with E-state index in [2.05, 4.69) is 13.2 Å². The van der Waals surface area contributed by atoms with Gasteiger partial charge in [0.2, 0.25) is 0 Å². The number of hydrogen-bond acceptors (Lipinski definition) is 3. The van der Waals surface area contributed by atoms with E-state index in [1.807, 2.05) is 0 Å². The molecule has 0 aliphatic carbocycles. The molecule has 1 rings (SSSR count). The van der Waals surface area contributed by atoms with Gasteiger partial charge < -0.3 is 4.18 Å². The Morgan fingerprint density at radius 1 is 1.29 bits per heavy atom. The highest BCUT2D eigenvalue weighted by Crippen LogP contribution is 2.19. The summed E-state index contributed by atoms with van der Waals surface area (Å²) in [5, 5.41) is 0. The van der Waals surface area contributed by atoms with E-state index in [9.17, 15) is 8.42 Å². The maximum Gasteiger partial charge on any atom is 0.339 e. The number of hydrogen-bond donors (Lipinski definition) is 0. The molecule has 0 bridgehead atoms. The number of rotatable bonds is 5. The van der Waals surface area contributed by atoms with Crippen LogP contribution in [0.15, 0.2) is 71.9 Å². The van der Waals surface area contributed by atoms with Gasteiger partial charge >= 0.3 is 10.1 Å². The Morgan fingerprint density at radius 3 is 2.35 bits per heavy atom. The Labute approximate surface area is 102 Å². The van der Waals surface area contributed by atoms with E-state index in [1.165, 1.54) is 24.3 Å². The van der Waals surface area contributed by atoms with Crippen LogP contribution >= 0.6 is 0 Å². The third kappa shape index (κ3) is 3.60. The first-order chi connectivity index (χ1) is 7.97. The van der Waals surface area contributed by atoms with E-state index in [0.717, 1.165) is 0 Å². The molecule has 1 aromatic carbocycles. The Morgan fingerprint density at radius 2 is 1.88 bits per heavy atom. The van der Waals surface area contributed by atoms with Gasteiger partial charge in [-0.2, -0.15) is 8.42 Å². The van der Waals surface area contributed by atoms with E-state index in [1.54, 1.807) is 25.1 Å². The number of benzene rings is 1. The van der Waals surface area contributed by atoms with Crippen molar-refractivity contribution in [2.75, 3.05) is 0 Å². The molecule has 0 spiro atoms. The zero-order valence-electron chi connectivity index (χ0n) is 9.59. The molecule has 0 unspecified atom stereocenters. The first kappa shape index (κ1) is 13.3. The van der Waals surface area contributed by atoms with Gasteiger partial charge in [-0.1, -0.05) is 37.4 Å². The summed E-state index contributed by atoms with van der Waals surface area (Å²) in [6, 6.07) is 7.94. The largest absolute Gasteiger partial charge is 0.379 e. The van der Waals surface area contributed by atoms with Crippen LogP contribution in [0, 0.1) is 0 Å². The first-order valence-electron chi connectivity index (χ1n) is 4.95. The quantitative estimate of drug-likeness (QED) is 0.458. The molecule has 0 N–H and O–H groups in total. The minimum atomic E-state index is -3.80. The molecule has 1 aromatic rings. The van der Waals surface area contributed by atoms with Crippen LogP contribution in [-0.2, 0) is 14.3 Å². The maximum absolute atomic E-state index is 11.9. The van der Waals surface area contributed by atoms with Gasteiger partial charge in [-0.3, -0.25) is 0 Å². The molecule has 0 heterocycles. The van der Waals surface area contributed by atoms with Crippen molar-refractivity contribution in [3.8, 4) is 0 Å². The van der Waals surface area contributed by atoms with Crippen molar-refractivity contribution in [1.29, 1.82) is 0 Å². The molecule has 4 heteroatoms. The van der Waals surface area contributed by atoms with Gasteiger partial charge in [0.15, 0.2) is 0 Å². The monoisotopic (exact) mass is 250 g/mol. The van der Waals surface area contributed by atoms with Crippen LogP contribution in [0.25, 0.3) is 0 Å².